The molecule has 2 aromatic heterocycles. The Morgan fingerprint density at radius 3 is 2.60 bits per heavy atom. The lowest BCUT2D eigenvalue weighted by atomic mass is 10.2. The predicted molar refractivity (Wildman–Crippen MR) is 110 cm³/mol. The number of benzene rings is 1. The van der Waals surface area contributed by atoms with Gasteiger partial charge in [0.1, 0.15) is 5.75 Å². The first kappa shape index (κ1) is 20.0. The number of rotatable bonds is 4. The van der Waals surface area contributed by atoms with Gasteiger partial charge in [-0.1, -0.05) is 17.9 Å². The molecule has 9 nitrogen and oxygen atoms in total. The third-order valence-electron chi connectivity index (χ3n) is 5.06. The molecular formula is C20H20N4O5S. The third kappa shape index (κ3) is 3.52. The van der Waals surface area contributed by atoms with E-state index in [1.165, 1.54) is 35.4 Å². The Kier molecular flexibility index (Phi) is 4.78. The Morgan fingerprint density at radius 2 is 1.93 bits per heavy atom. The second-order valence-corrected chi connectivity index (χ2v) is 9.36. The van der Waals surface area contributed by atoms with Crippen molar-refractivity contribution in [2.75, 3.05) is 5.75 Å². The van der Waals surface area contributed by atoms with Gasteiger partial charge in [-0.05, 0) is 37.0 Å². The van der Waals surface area contributed by atoms with Gasteiger partial charge < -0.3 is 9.67 Å². The van der Waals surface area contributed by atoms with Gasteiger partial charge in [-0.3, -0.25) is 13.9 Å². The van der Waals surface area contributed by atoms with Crippen LogP contribution >= 0.6 is 0 Å². The Bertz CT molecular complexity index is 1450. The number of hydrogen-bond acceptors (Lipinski definition) is 6. The maximum absolute atomic E-state index is 12.8. The minimum atomic E-state index is -3.69. The van der Waals surface area contributed by atoms with Gasteiger partial charge in [0.05, 0.1) is 12.3 Å². The molecule has 0 radical (unpaired) electrons. The first-order valence-electron chi connectivity index (χ1n) is 9.36. The van der Waals surface area contributed by atoms with Crippen LogP contribution in [0.2, 0.25) is 0 Å². The molecule has 4 rings (SSSR count). The van der Waals surface area contributed by atoms with E-state index < -0.39 is 21.1 Å². The minimum Gasteiger partial charge on any atom is -0.508 e. The summed E-state index contributed by atoms with van der Waals surface area (Å²) in [6.45, 7) is -0.0990. The monoisotopic (exact) mass is 428 g/mol. The van der Waals surface area contributed by atoms with E-state index in [4.69, 9.17) is 0 Å². The van der Waals surface area contributed by atoms with Crippen LogP contribution in [0.1, 0.15) is 18.4 Å². The number of phenolic OH excluding ortho intramolecular Hbond substituents is 1. The highest BCUT2D eigenvalue weighted by Crippen LogP contribution is 2.32. The van der Waals surface area contributed by atoms with Crippen LogP contribution in [0.15, 0.2) is 39.0 Å². The van der Waals surface area contributed by atoms with Crippen molar-refractivity contribution in [2.45, 2.75) is 24.5 Å². The minimum absolute atomic E-state index is 0.00909. The molecule has 1 aliphatic carbocycles. The summed E-state index contributed by atoms with van der Waals surface area (Å²) in [7, 11) is -0.902. The van der Waals surface area contributed by atoms with Crippen molar-refractivity contribution in [1.29, 1.82) is 0 Å². The van der Waals surface area contributed by atoms with E-state index in [9.17, 15) is 23.1 Å². The highest BCUT2D eigenvalue weighted by atomic mass is 32.2. The van der Waals surface area contributed by atoms with Crippen LogP contribution in [0, 0.1) is 17.8 Å². The van der Waals surface area contributed by atoms with E-state index in [0.717, 1.165) is 17.4 Å². The summed E-state index contributed by atoms with van der Waals surface area (Å²) in [6, 6.07) is 6.35. The molecule has 3 aromatic rings. The molecule has 0 bridgehead atoms. The Labute approximate surface area is 172 Å². The predicted octanol–water partition coefficient (Wildman–Crippen LogP) is 0.375. The molecule has 0 spiro atoms. The number of aromatic nitrogens is 4. The Hall–Kier alpha value is -3.32. The van der Waals surface area contributed by atoms with Crippen molar-refractivity contribution in [2.24, 2.45) is 20.0 Å². The first-order valence-corrected chi connectivity index (χ1v) is 11.0. The average Bonchev–Trinajstić information content (AvgIpc) is 3.41. The van der Waals surface area contributed by atoms with Crippen molar-refractivity contribution >= 4 is 21.0 Å². The standard InChI is InChI=1S/C20H20N4O5S/c1-22-16-17(21-19(22)30(28,29)12-14-8-9-14)24(20(27)23(2)18(16)26)10-4-6-13-5-3-7-15(25)11-13/h3,5,7,11,14,25H,8-10,12H2,1-2H3. The zero-order chi connectivity index (χ0) is 21.6. The number of aromatic hydroxyl groups is 1. The van der Waals surface area contributed by atoms with Crippen LogP contribution in [0.25, 0.3) is 11.2 Å². The zero-order valence-electron chi connectivity index (χ0n) is 16.5. The Balaban J connectivity index is 1.84. The van der Waals surface area contributed by atoms with Gasteiger partial charge >= 0.3 is 5.69 Å². The van der Waals surface area contributed by atoms with Gasteiger partial charge in [-0.25, -0.2) is 13.2 Å². The number of sulfone groups is 1. The molecule has 0 saturated heterocycles. The van der Waals surface area contributed by atoms with Gasteiger partial charge in [0.25, 0.3) is 5.56 Å². The maximum Gasteiger partial charge on any atom is 0.333 e. The largest absolute Gasteiger partial charge is 0.508 e. The van der Waals surface area contributed by atoms with Gasteiger partial charge in [0, 0.05) is 19.7 Å². The molecule has 1 N–H and O–H groups in total. The van der Waals surface area contributed by atoms with Crippen LogP contribution in [0.3, 0.4) is 0 Å². The second-order valence-electron chi connectivity index (χ2n) is 7.44. The summed E-state index contributed by atoms with van der Waals surface area (Å²) in [4.78, 5) is 29.5. The number of aryl methyl sites for hydroxylation is 1. The molecule has 1 saturated carbocycles. The SMILES string of the molecule is Cn1c(=O)c2c(nc(S(=O)(=O)CC3CC3)n2C)n(CC#Cc2cccc(O)c2)c1=O. The average molecular weight is 428 g/mol. The summed E-state index contributed by atoms with van der Waals surface area (Å²) in [5.74, 6) is 5.82. The topological polar surface area (TPSA) is 116 Å². The zero-order valence-corrected chi connectivity index (χ0v) is 17.3. The smallest absolute Gasteiger partial charge is 0.333 e. The summed E-state index contributed by atoms with van der Waals surface area (Å²) in [6.07, 6.45) is 1.72. The van der Waals surface area contributed by atoms with Crippen molar-refractivity contribution in [3.8, 4) is 17.6 Å². The van der Waals surface area contributed by atoms with E-state index in [-0.39, 0.29) is 40.3 Å². The first-order chi connectivity index (χ1) is 14.2. The molecule has 0 amide bonds. The van der Waals surface area contributed by atoms with Gasteiger partial charge in [0.15, 0.2) is 11.2 Å². The fourth-order valence-corrected chi connectivity index (χ4v) is 5.14. The lowest BCUT2D eigenvalue weighted by Gasteiger charge is -2.06. The third-order valence-corrected chi connectivity index (χ3v) is 6.89. The van der Waals surface area contributed by atoms with E-state index >= 15 is 0 Å². The molecule has 1 aliphatic rings. The molecule has 1 fully saturated rings. The molecule has 0 atom stereocenters. The van der Waals surface area contributed by atoms with Crippen LogP contribution in [0.5, 0.6) is 5.75 Å². The second kappa shape index (κ2) is 7.18. The van der Waals surface area contributed by atoms with Crippen molar-refractivity contribution in [3.05, 3.63) is 50.7 Å². The highest BCUT2D eigenvalue weighted by Gasteiger charge is 2.33. The van der Waals surface area contributed by atoms with Crippen LogP contribution < -0.4 is 11.2 Å². The number of phenols is 1. The number of hydrogen-bond donors (Lipinski definition) is 1. The molecule has 10 heteroatoms. The number of imidazole rings is 1. The summed E-state index contributed by atoms with van der Waals surface area (Å²) in [5, 5.41) is 9.31. The fourth-order valence-electron chi connectivity index (χ4n) is 3.30. The summed E-state index contributed by atoms with van der Waals surface area (Å²) < 4.78 is 28.9. The molecule has 2 heterocycles. The summed E-state index contributed by atoms with van der Waals surface area (Å²) in [5.41, 5.74) is -0.675. The fraction of sp³-hybridized carbons (Fsp3) is 0.350. The lowest BCUT2D eigenvalue weighted by molar-refractivity contribution is 0.475. The van der Waals surface area contributed by atoms with E-state index in [1.54, 1.807) is 12.1 Å². The summed E-state index contributed by atoms with van der Waals surface area (Å²) >= 11 is 0. The van der Waals surface area contributed by atoms with E-state index in [0.29, 0.717) is 5.56 Å². The number of fused-ring (bicyclic) bond motifs is 1. The van der Waals surface area contributed by atoms with Crippen LogP contribution in [0.4, 0.5) is 0 Å². The molecule has 0 aliphatic heterocycles. The van der Waals surface area contributed by atoms with Crippen molar-refractivity contribution < 1.29 is 13.5 Å². The van der Waals surface area contributed by atoms with Crippen LogP contribution in [-0.4, -0.2) is 38.0 Å². The molecule has 30 heavy (non-hydrogen) atoms. The van der Waals surface area contributed by atoms with Gasteiger partial charge in [0.2, 0.25) is 15.0 Å². The van der Waals surface area contributed by atoms with E-state index in [1.807, 2.05) is 0 Å². The quantitative estimate of drug-likeness (QED) is 0.601. The van der Waals surface area contributed by atoms with Gasteiger partial charge in [-0.2, -0.15) is 4.98 Å². The molecule has 156 valence electrons. The maximum atomic E-state index is 12.8. The normalized spacial score (nSPS) is 13.9. The van der Waals surface area contributed by atoms with Crippen molar-refractivity contribution in [1.82, 2.24) is 18.7 Å². The molecule has 0 unspecified atom stereocenters. The lowest BCUT2D eigenvalue weighted by Crippen LogP contribution is -2.38. The van der Waals surface area contributed by atoms with Gasteiger partial charge in [-0.15, -0.1) is 0 Å². The molecular weight excluding hydrogens is 408 g/mol. The van der Waals surface area contributed by atoms with E-state index in [2.05, 4.69) is 16.8 Å². The van der Waals surface area contributed by atoms with Crippen molar-refractivity contribution in [3.63, 3.8) is 0 Å². The highest BCUT2D eigenvalue weighted by molar-refractivity contribution is 7.91. The van der Waals surface area contributed by atoms with Crippen LogP contribution in [-0.2, 0) is 30.5 Å². The Morgan fingerprint density at radius 1 is 1.20 bits per heavy atom. The number of nitrogens with zero attached hydrogens (tertiary/aromatic N) is 4. The molecule has 1 aromatic carbocycles.